The molecule has 2 N–H and O–H groups in total. The Morgan fingerprint density at radius 2 is 2.30 bits per heavy atom. The predicted octanol–water partition coefficient (Wildman–Crippen LogP) is 1.45. The maximum Gasteiger partial charge on any atom is 0.251 e. The van der Waals surface area contributed by atoms with E-state index in [-0.39, 0.29) is 11.6 Å². The zero-order valence-electron chi connectivity index (χ0n) is 11.7. The molecule has 0 saturated heterocycles. The van der Waals surface area contributed by atoms with Gasteiger partial charge in [0, 0.05) is 36.1 Å². The fourth-order valence-corrected chi connectivity index (χ4v) is 2.91. The molecule has 0 aliphatic heterocycles. The summed E-state index contributed by atoms with van der Waals surface area (Å²) in [7, 11) is 0. The van der Waals surface area contributed by atoms with E-state index in [0.717, 1.165) is 42.6 Å². The van der Waals surface area contributed by atoms with Crippen molar-refractivity contribution in [3.8, 4) is 0 Å². The van der Waals surface area contributed by atoms with Crippen LogP contribution in [-0.4, -0.2) is 14.3 Å². The van der Waals surface area contributed by atoms with E-state index in [1.165, 1.54) is 0 Å². The van der Waals surface area contributed by atoms with Crippen molar-refractivity contribution in [3.05, 3.63) is 51.7 Å². The average Bonchev–Trinajstić information content (AvgIpc) is 2.90. The van der Waals surface area contributed by atoms with Gasteiger partial charge in [0.25, 0.3) is 5.56 Å². The zero-order valence-corrected chi connectivity index (χ0v) is 11.7. The number of nitrogens with zero attached hydrogens (tertiary/aromatic N) is 3. The largest absolute Gasteiger partial charge is 0.324 e. The van der Waals surface area contributed by atoms with Crippen LogP contribution >= 0.6 is 0 Å². The molecule has 5 heteroatoms. The molecule has 3 rings (SSSR count). The molecule has 0 bridgehead atoms. The van der Waals surface area contributed by atoms with Crippen LogP contribution in [0.15, 0.2) is 29.3 Å². The number of nitrogens with two attached hydrogens (primary N) is 1. The van der Waals surface area contributed by atoms with Gasteiger partial charge < -0.3 is 10.3 Å². The van der Waals surface area contributed by atoms with Crippen molar-refractivity contribution in [3.63, 3.8) is 0 Å². The fraction of sp³-hybridized carbons (Fsp3) is 0.467. The second-order valence-corrected chi connectivity index (χ2v) is 5.36. The maximum absolute atomic E-state index is 12.2. The van der Waals surface area contributed by atoms with E-state index in [0.29, 0.717) is 6.54 Å². The summed E-state index contributed by atoms with van der Waals surface area (Å²) in [4.78, 5) is 12.2. The Morgan fingerprint density at radius 3 is 3.05 bits per heavy atom. The van der Waals surface area contributed by atoms with E-state index in [4.69, 9.17) is 5.73 Å². The molecular formula is C15H20N4O. The lowest BCUT2D eigenvalue weighted by Crippen LogP contribution is -2.29. The minimum atomic E-state index is 0.0436. The van der Waals surface area contributed by atoms with Gasteiger partial charge in [-0.1, -0.05) is 6.07 Å². The van der Waals surface area contributed by atoms with E-state index in [1.54, 1.807) is 6.07 Å². The summed E-state index contributed by atoms with van der Waals surface area (Å²) in [5.74, 6) is 0. The van der Waals surface area contributed by atoms with Crippen LogP contribution in [0.25, 0.3) is 0 Å². The summed E-state index contributed by atoms with van der Waals surface area (Å²) in [6.07, 6.45) is 6.80. The van der Waals surface area contributed by atoms with Crippen molar-refractivity contribution >= 4 is 0 Å². The topological polar surface area (TPSA) is 65.8 Å². The molecule has 20 heavy (non-hydrogen) atoms. The summed E-state index contributed by atoms with van der Waals surface area (Å²) in [5.41, 5.74) is 9.47. The molecule has 0 radical (unpaired) electrons. The van der Waals surface area contributed by atoms with Gasteiger partial charge in [-0.25, -0.2) is 0 Å². The highest BCUT2D eigenvalue weighted by atomic mass is 16.1. The standard InChI is InChI=1S/C15H20N4O/c1-2-18-9-11(8-17-18)10-19-14-5-3-4-13(16)12(14)6-7-15(19)20/h6-9,13H,2-5,10,16H2,1H3. The zero-order chi connectivity index (χ0) is 14.1. The second-order valence-electron chi connectivity index (χ2n) is 5.36. The van der Waals surface area contributed by atoms with Crippen LogP contribution in [0.1, 0.15) is 42.6 Å². The Balaban J connectivity index is 2.00. The first-order valence-corrected chi connectivity index (χ1v) is 7.18. The SMILES string of the molecule is CCn1cc(Cn2c3c(ccc2=O)C(N)CCC3)cn1. The summed E-state index contributed by atoms with van der Waals surface area (Å²) in [6.45, 7) is 3.47. The molecule has 1 aliphatic carbocycles. The second kappa shape index (κ2) is 5.25. The van der Waals surface area contributed by atoms with Gasteiger partial charge in [-0.2, -0.15) is 5.10 Å². The highest BCUT2D eigenvalue weighted by Gasteiger charge is 2.20. The number of hydrogen-bond acceptors (Lipinski definition) is 3. The molecular weight excluding hydrogens is 252 g/mol. The lowest BCUT2D eigenvalue weighted by molar-refractivity contribution is 0.529. The van der Waals surface area contributed by atoms with Crippen LogP contribution in [0.4, 0.5) is 0 Å². The van der Waals surface area contributed by atoms with Crippen molar-refractivity contribution in [1.29, 1.82) is 0 Å². The first-order valence-electron chi connectivity index (χ1n) is 7.18. The van der Waals surface area contributed by atoms with E-state index < -0.39 is 0 Å². The normalized spacial score (nSPS) is 18.0. The van der Waals surface area contributed by atoms with Crippen molar-refractivity contribution in [1.82, 2.24) is 14.3 Å². The highest BCUT2D eigenvalue weighted by Crippen LogP contribution is 2.26. The van der Waals surface area contributed by atoms with Gasteiger partial charge in [-0.15, -0.1) is 0 Å². The molecule has 1 atom stereocenters. The Labute approximate surface area is 118 Å². The number of rotatable bonds is 3. The molecule has 2 heterocycles. The van der Waals surface area contributed by atoms with E-state index >= 15 is 0 Å². The van der Waals surface area contributed by atoms with E-state index in [9.17, 15) is 4.79 Å². The molecule has 106 valence electrons. The van der Waals surface area contributed by atoms with Crippen LogP contribution in [0.3, 0.4) is 0 Å². The lowest BCUT2D eigenvalue weighted by Gasteiger charge is -2.25. The first-order chi connectivity index (χ1) is 9.69. The van der Waals surface area contributed by atoms with Crippen molar-refractivity contribution < 1.29 is 0 Å². The van der Waals surface area contributed by atoms with Crippen molar-refractivity contribution in [2.45, 2.75) is 45.3 Å². The van der Waals surface area contributed by atoms with E-state index in [1.807, 2.05) is 34.6 Å². The molecule has 1 aliphatic rings. The predicted molar refractivity (Wildman–Crippen MR) is 77.6 cm³/mol. The minimum Gasteiger partial charge on any atom is -0.324 e. The molecule has 5 nitrogen and oxygen atoms in total. The summed E-state index contributed by atoms with van der Waals surface area (Å²) in [5, 5.41) is 4.26. The smallest absolute Gasteiger partial charge is 0.251 e. The Morgan fingerprint density at radius 1 is 1.45 bits per heavy atom. The van der Waals surface area contributed by atoms with E-state index in [2.05, 4.69) is 5.10 Å². The summed E-state index contributed by atoms with van der Waals surface area (Å²) < 4.78 is 3.73. The lowest BCUT2D eigenvalue weighted by atomic mass is 9.91. The number of fused-ring (bicyclic) bond motifs is 1. The molecule has 2 aromatic heterocycles. The highest BCUT2D eigenvalue weighted by molar-refractivity contribution is 5.28. The van der Waals surface area contributed by atoms with Gasteiger partial charge in [0.15, 0.2) is 0 Å². The van der Waals surface area contributed by atoms with Gasteiger partial charge in [-0.05, 0) is 31.7 Å². The van der Waals surface area contributed by atoms with Crippen molar-refractivity contribution in [2.24, 2.45) is 5.73 Å². The Kier molecular flexibility index (Phi) is 3.44. The van der Waals surface area contributed by atoms with Gasteiger partial charge in [0.05, 0.1) is 12.7 Å². The van der Waals surface area contributed by atoms with Gasteiger partial charge in [0.1, 0.15) is 0 Å². The number of pyridine rings is 1. The third-order valence-corrected chi connectivity index (χ3v) is 4.01. The van der Waals surface area contributed by atoms with Crippen LogP contribution in [0.5, 0.6) is 0 Å². The molecule has 2 aromatic rings. The molecule has 0 fully saturated rings. The monoisotopic (exact) mass is 272 g/mol. The molecule has 0 saturated carbocycles. The van der Waals surface area contributed by atoms with Gasteiger partial charge >= 0.3 is 0 Å². The van der Waals surface area contributed by atoms with Crippen LogP contribution < -0.4 is 11.3 Å². The van der Waals surface area contributed by atoms with Gasteiger partial charge in [-0.3, -0.25) is 9.48 Å². The maximum atomic E-state index is 12.2. The van der Waals surface area contributed by atoms with Crippen LogP contribution in [0, 0.1) is 0 Å². The third-order valence-electron chi connectivity index (χ3n) is 4.01. The van der Waals surface area contributed by atoms with Crippen LogP contribution in [0.2, 0.25) is 0 Å². The van der Waals surface area contributed by atoms with Crippen LogP contribution in [-0.2, 0) is 19.5 Å². The first kappa shape index (κ1) is 13.1. The molecule has 1 unspecified atom stereocenters. The Hall–Kier alpha value is -1.88. The minimum absolute atomic E-state index is 0.0436. The number of hydrogen-bond donors (Lipinski definition) is 1. The number of aryl methyl sites for hydroxylation is 1. The quantitative estimate of drug-likeness (QED) is 0.919. The average molecular weight is 272 g/mol. The molecule has 0 aromatic carbocycles. The van der Waals surface area contributed by atoms with Gasteiger partial charge in [0.2, 0.25) is 0 Å². The summed E-state index contributed by atoms with van der Waals surface area (Å²) >= 11 is 0. The third kappa shape index (κ3) is 2.29. The number of aromatic nitrogens is 3. The molecule has 0 spiro atoms. The molecule has 0 amide bonds. The Bertz CT molecular complexity index is 671. The summed E-state index contributed by atoms with van der Waals surface area (Å²) in [6, 6.07) is 3.59. The fourth-order valence-electron chi connectivity index (χ4n) is 2.91. The van der Waals surface area contributed by atoms with Crippen molar-refractivity contribution in [2.75, 3.05) is 0 Å².